The van der Waals surface area contributed by atoms with Gasteiger partial charge < -0.3 is 0 Å². The van der Waals surface area contributed by atoms with Crippen LogP contribution in [0.3, 0.4) is 0 Å². The first-order valence-corrected chi connectivity index (χ1v) is 9.07. The molecule has 2 heteroatoms. The summed E-state index contributed by atoms with van der Waals surface area (Å²) in [7, 11) is 0. The Labute approximate surface area is 137 Å². The molecule has 1 aliphatic rings. The van der Waals surface area contributed by atoms with Crippen molar-refractivity contribution < 1.29 is 0 Å². The van der Waals surface area contributed by atoms with Crippen LogP contribution < -0.4 is 0 Å². The normalized spacial score (nSPS) is 12.7. The number of allylic oxidation sites excluding steroid dienone is 4. The fourth-order valence-electron chi connectivity index (χ4n) is 1.59. The molecule has 2 aromatic heterocycles. The van der Waals surface area contributed by atoms with E-state index in [1.807, 2.05) is 0 Å². The number of aryl methyl sites for hydroxylation is 4. The largest absolute Gasteiger partial charge is 0.152 e. The van der Waals surface area contributed by atoms with Crippen molar-refractivity contribution in [3.63, 3.8) is 0 Å². The van der Waals surface area contributed by atoms with E-state index in [4.69, 9.17) is 0 Å². The quantitative estimate of drug-likeness (QED) is 0.490. The van der Waals surface area contributed by atoms with Gasteiger partial charge in [0.15, 0.2) is 0 Å². The first-order valence-electron chi connectivity index (χ1n) is 7.24. The third-order valence-electron chi connectivity index (χ3n) is 3.69. The molecule has 0 aromatic carbocycles. The van der Waals surface area contributed by atoms with Gasteiger partial charge in [-0.05, 0) is 86.9 Å². The van der Waals surface area contributed by atoms with Gasteiger partial charge in [0.05, 0.1) is 0 Å². The number of thiophene rings is 2. The summed E-state index contributed by atoms with van der Waals surface area (Å²) in [6.45, 7) is 12.9. The summed E-state index contributed by atoms with van der Waals surface area (Å²) in [5.41, 5.74) is 7.18. The van der Waals surface area contributed by atoms with E-state index in [9.17, 15) is 0 Å². The topological polar surface area (TPSA) is 0 Å². The number of rotatable bonds is 0. The second-order valence-electron chi connectivity index (χ2n) is 5.47. The van der Waals surface area contributed by atoms with Gasteiger partial charge in [0.25, 0.3) is 0 Å². The molecular formula is C19H26S2. The molecule has 0 spiro atoms. The van der Waals surface area contributed by atoms with E-state index in [0.717, 1.165) is 0 Å². The molecule has 2 heterocycles. The maximum absolute atomic E-state index is 2.20. The Morgan fingerprint density at radius 1 is 0.857 bits per heavy atom. The lowest BCUT2D eigenvalue weighted by Crippen LogP contribution is -1.67. The molecule has 114 valence electrons. The highest BCUT2D eigenvalue weighted by Crippen LogP contribution is 2.16. The first kappa shape index (κ1) is 17.9. The molecule has 0 nitrogen and oxygen atoms in total. The van der Waals surface area contributed by atoms with E-state index in [0.29, 0.717) is 0 Å². The van der Waals surface area contributed by atoms with E-state index >= 15 is 0 Å². The maximum Gasteiger partial charge on any atom is 0.00433 e. The number of hydrogen-bond donors (Lipinski definition) is 0. The summed E-state index contributed by atoms with van der Waals surface area (Å²) < 4.78 is 0. The second-order valence-corrected chi connectivity index (χ2v) is 7.33. The third kappa shape index (κ3) is 6.45. The Balaban J connectivity index is 0.000000157. The van der Waals surface area contributed by atoms with Crippen molar-refractivity contribution in [2.75, 3.05) is 0 Å². The van der Waals surface area contributed by atoms with E-state index in [2.05, 4.69) is 75.9 Å². The molecule has 0 fully saturated rings. The van der Waals surface area contributed by atoms with Crippen molar-refractivity contribution in [1.29, 1.82) is 0 Å². The minimum absolute atomic E-state index is 1.17. The Morgan fingerprint density at radius 3 is 1.62 bits per heavy atom. The van der Waals surface area contributed by atoms with Crippen LogP contribution in [0.15, 0.2) is 45.5 Å². The molecule has 0 amide bonds. The molecule has 0 saturated carbocycles. The Bertz CT molecular complexity index is 538. The van der Waals surface area contributed by atoms with Crippen molar-refractivity contribution in [3.05, 3.63) is 67.1 Å². The first-order chi connectivity index (χ1) is 9.91. The molecule has 0 saturated heterocycles. The zero-order chi connectivity index (χ0) is 15.8. The second kappa shape index (κ2) is 9.01. The molecular weight excluding hydrogens is 292 g/mol. The van der Waals surface area contributed by atoms with Gasteiger partial charge in [-0.3, -0.25) is 0 Å². The highest BCUT2D eigenvalue weighted by atomic mass is 32.1. The van der Waals surface area contributed by atoms with Gasteiger partial charge in [-0.15, -0.1) is 11.3 Å². The minimum Gasteiger partial charge on any atom is -0.152 e. The molecule has 0 N–H and O–H groups in total. The van der Waals surface area contributed by atoms with Crippen molar-refractivity contribution in [2.45, 2.75) is 48.0 Å². The number of hydrogen-bond acceptors (Lipinski definition) is 2. The summed E-state index contributed by atoms with van der Waals surface area (Å²) in [6, 6.07) is 2.14. The lowest BCUT2D eigenvalue weighted by Gasteiger charge is -1.87. The van der Waals surface area contributed by atoms with Gasteiger partial charge in [-0.1, -0.05) is 23.3 Å². The summed E-state index contributed by atoms with van der Waals surface area (Å²) in [5.74, 6) is 0. The average Bonchev–Trinajstić information content (AvgIpc) is 3.11. The molecule has 3 rings (SSSR count). The van der Waals surface area contributed by atoms with Crippen LogP contribution in [-0.2, 0) is 0 Å². The van der Waals surface area contributed by atoms with E-state index in [-0.39, 0.29) is 0 Å². The molecule has 21 heavy (non-hydrogen) atoms. The smallest absolute Gasteiger partial charge is 0.00433 e. The lowest BCUT2D eigenvalue weighted by atomic mass is 10.2. The fraction of sp³-hybridized carbons (Fsp3) is 0.368. The zero-order valence-corrected chi connectivity index (χ0v) is 15.6. The predicted octanol–water partition coefficient (Wildman–Crippen LogP) is 7.01. The van der Waals surface area contributed by atoms with Crippen molar-refractivity contribution >= 4 is 22.7 Å². The highest BCUT2D eigenvalue weighted by molar-refractivity contribution is 7.10. The summed E-state index contributed by atoms with van der Waals surface area (Å²) in [6.07, 6.45) is 5.55. The average molecular weight is 319 g/mol. The maximum atomic E-state index is 2.20. The summed E-state index contributed by atoms with van der Waals surface area (Å²) in [4.78, 5) is 1.43. The molecule has 2 aromatic rings. The summed E-state index contributed by atoms with van der Waals surface area (Å²) >= 11 is 3.57. The van der Waals surface area contributed by atoms with Gasteiger partial charge in [0, 0.05) is 4.88 Å². The van der Waals surface area contributed by atoms with Gasteiger partial charge in [0.2, 0.25) is 0 Å². The van der Waals surface area contributed by atoms with Crippen LogP contribution in [0.4, 0.5) is 0 Å². The Kier molecular flexibility index (Phi) is 7.69. The monoisotopic (exact) mass is 318 g/mol. The Hall–Kier alpha value is -1.12. The van der Waals surface area contributed by atoms with Crippen LogP contribution >= 0.6 is 22.7 Å². The molecule has 0 aliphatic heterocycles. The van der Waals surface area contributed by atoms with E-state index < -0.39 is 0 Å². The van der Waals surface area contributed by atoms with Crippen LogP contribution in [-0.4, -0.2) is 0 Å². The summed E-state index contributed by atoms with van der Waals surface area (Å²) in [5, 5.41) is 6.44. The minimum atomic E-state index is 1.17. The highest BCUT2D eigenvalue weighted by Gasteiger charge is 1.95. The molecule has 0 radical (unpaired) electrons. The van der Waals surface area contributed by atoms with E-state index in [1.54, 1.807) is 22.7 Å². The third-order valence-corrected chi connectivity index (χ3v) is 5.62. The van der Waals surface area contributed by atoms with Gasteiger partial charge >= 0.3 is 0 Å². The lowest BCUT2D eigenvalue weighted by molar-refractivity contribution is 1.22. The zero-order valence-electron chi connectivity index (χ0n) is 14.0. The standard InChI is InChI=1S/C7H10.2C6H8S/c1-6-4-3-5-7(6)2;1-5-3-7-4-6(5)2;1-5-3-4-7-6(5)2/h3-4H,5H2,1-2H3;2*3-4H,1-2H3. The van der Waals surface area contributed by atoms with E-state index in [1.165, 1.54) is 39.1 Å². The molecule has 0 unspecified atom stereocenters. The van der Waals surface area contributed by atoms with Gasteiger partial charge in [0.1, 0.15) is 0 Å². The SMILES string of the molecule is CC1=C(C)CC=C1.Cc1ccsc1C.Cc1cscc1C. The van der Waals surface area contributed by atoms with Crippen LogP contribution in [0.2, 0.25) is 0 Å². The van der Waals surface area contributed by atoms with Gasteiger partial charge in [-0.2, -0.15) is 11.3 Å². The van der Waals surface area contributed by atoms with Crippen LogP contribution in [0.25, 0.3) is 0 Å². The van der Waals surface area contributed by atoms with Gasteiger partial charge in [-0.25, -0.2) is 0 Å². The van der Waals surface area contributed by atoms with Crippen molar-refractivity contribution in [2.24, 2.45) is 0 Å². The Morgan fingerprint density at radius 2 is 1.48 bits per heavy atom. The van der Waals surface area contributed by atoms with Crippen LogP contribution in [0.5, 0.6) is 0 Å². The van der Waals surface area contributed by atoms with Crippen LogP contribution in [0.1, 0.15) is 41.8 Å². The predicted molar refractivity (Wildman–Crippen MR) is 99.7 cm³/mol. The van der Waals surface area contributed by atoms with Crippen LogP contribution in [0, 0.1) is 27.7 Å². The molecule has 1 aliphatic carbocycles. The fourth-order valence-corrected chi connectivity index (χ4v) is 3.17. The molecule has 0 atom stereocenters. The van der Waals surface area contributed by atoms with Crippen molar-refractivity contribution in [1.82, 2.24) is 0 Å². The van der Waals surface area contributed by atoms with Crippen molar-refractivity contribution in [3.8, 4) is 0 Å². The molecule has 0 bridgehead atoms.